The standard InChI is InChI=1S/C24H20O2/c1-16(10-21-12-17-6-2-4-8-19(17)14-23(21)25)11-22-13-18-7-3-5-9-20(18)15-24(22)26/h2-9,12-15,25-26H,1,10-11H2. The highest BCUT2D eigenvalue weighted by Gasteiger charge is 2.09. The fourth-order valence-electron chi connectivity index (χ4n) is 3.44. The predicted molar refractivity (Wildman–Crippen MR) is 108 cm³/mol. The molecule has 2 nitrogen and oxygen atoms in total. The van der Waals surface area contributed by atoms with Gasteiger partial charge in [-0.25, -0.2) is 0 Å². The molecular formula is C24H20O2. The largest absolute Gasteiger partial charge is 0.508 e. The molecular weight excluding hydrogens is 320 g/mol. The van der Waals surface area contributed by atoms with E-state index in [4.69, 9.17) is 0 Å². The Balaban J connectivity index is 1.59. The van der Waals surface area contributed by atoms with E-state index >= 15 is 0 Å². The van der Waals surface area contributed by atoms with E-state index in [9.17, 15) is 10.2 Å². The van der Waals surface area contributed by atoms with Crippen molar-refractivity contribution in [3.63, 3.8) is 0 Å². The van der Waals surface area contributed by atoms with Gasteiger partial charge < -0.3 is 10.2 Å². The van der Waals surface area contributed by atoms with Crippen LogP contribution in [-0.2, 0) is 12.8 Å². The van der Waals surface area contributed by atoms with Gasteiger partial charge in [-0.05, 0) is 69.8 Å². The lowest BCUT2D eigenvalue weighted by atomic mass is 9.95. The number of phenols is 2. The maximum absolute atomic E-state index is 10.3. The van der Waals surface area contributed by atoms with Crippen molar-refractivity contribution >= 4 is 21.5 Å². The zero-order chi connectivity index (χ0) is 18.1. The van der Waals surface area contributed by atoms with E-state index in [-0.39, 0.29) is 11.5 Å². The van der Waals surface area contributed by atoms with Crippen molar-refractivity contribution in [3.05, 3.63) is 96.1 Å². The van der Waals surface area contributed by atoms with Crippen molar-refractivity contribution in [2.75, 3.05) is 0 Å². The van der Waals surface area contributed by atoms with E-state index < -0.39 is 0 Å². The van der Waals surface area contributed by atoms with E-state index in [1.807, 2.05) is 60.7 Å². The molecule has 26 heavy (non-hydrogen) atoms. The van der Waals surface area contributed by atoms with Crippen LogP contribution in [0.3, 0.4) is 0 Å². The Labute approximate surface area is 152 Å². The Hall–Kier alpha value is -3.26. The summed E-state index contributed by atoms with van der Waals surface area (Å²) < 4.78 is 0. The van der Waals surface area contributed by atoms with Crippen molar-refractivity contribution in [1.82, 2.24) is 0 Å². The van der Waals surface area contributed by atoms with Crippen molar-refractivity contribution in [3.8, 4) is 11.5 Å². The number of phenolic OH excluding ortho intramolecular Hbond substituents is 2. The Morgan fingerprint density at radius 2 is 0.962 bits per heavy atom. The summed E-state index contributed by atoms with van der Waals surface area (Å²) in [5.41, 5.74) is 2.66. The van der Waals surface area contributed by atoms with Gasteiger partial charge in [0.2, 0.25) is 0 Å². The number of hydrogen-bond acceptors (Lipinski definition) is 2. The molecule has 0 aliphatic heterocycles. The number of benzene rings is 4. The molecule has 0 unspecified atom stereocenters. The highest BCUT2D eigenvalue weighted by molar-refractivity contribution is 5.86. The van der Waals surface area contributed by atoms with Crippen LogP contribution in [0.4, 0.5) is 0 Å². The van der Waals surface area contributed by atoms with Crippen LogP contribution >= 0.6 is 0 Å². The monoisotopic (exact) mass is 340 g/mol. The van der Waals surface area contributed by atoms with Crippen molar-refractivity contribution in [2.24, 2.45) is 0 Å². The second-order valence-electron chi connectivity index (χ2n) is 6.76. The molecule has 0 saturated carbocycles. The fourth-order valence-corrected chi connectivity index (χ4v) is 3.44. The molecule has 0 aliphatic rings. The highest BCUT2D eigenvalue weighted by atomic mass is 16.3. The van der Waals surface area contributed by atoms with Crippen molar-refractivity contribution in [2.45, 2.75) is 12.8 Å². The lowest BCUT2D eigenvalue weighted by molar-refractivity contribution is 0.468. The second kappa shape index (κ2) is 6.57. The van der Waals surface area contributed by atoms with Gasteiger partial charge in [-0.3, -0.25) is 0 Å². The van der Waals surface area contributed by atoms with Gasteiger partial charge in [-0.2, -0.15) is 0 Å². The van der Waals surface area contributed by atoms with Crippen LogP contribution in [0, 0.1) is 0 Å². The molecule has 0 bridgehead atoms. The molecule has 0 spiro atoms. The Kier molecular flexibility index (Phi) is 4.10. The zero-order valence-electron chi connectivity index (χ0n) is 14.4. The molecule has 2 heteroatoms. The first-order valence-corrected chi connectivity index (χ1v) is 8.68. The molecule has 0 heterocycles. The summed E-state index contributed by atoms with van der Waals surface area (Å²) in [7, 11) is 0. The minimum atomic E-state index is 0.285. The van der Waals surface area contributed by atoms with Crippen LogP contribution in [-0.4, -0.2) is 10.2 Å². The van der Waals surface area contributed by atoms with E-state index in [0.29, 0.717) is 12.8 Å². The summed E-state index contributed by atoms with van der Waals surface area (Å²) in [5.74, 6) is 0.570. The molecule has 0 radical (unpaired) electrons. The van der Waals surface area contributed by atoms with E-state index in [1.165, 1.54) is 0 Å². The first-order chi connectivity index (χ1) is 12.6. The molecule has 128 valence electrons. The van der Waals surface area contributed by atoms with Gasteiger partial charge >= 0.3 is 0 Å². The minimum Gasteiger partial charge on any atom is -0.508 e. The number of allylic oxidation sites excluding steroid dienone is 1. The van der Waals surface area contributed by atoms with Gasteiger partial charge in [0.25, 0.3) is 0 Å². The van der Waals surface area contributed by atoms with Crippen LogP contribution in [0.1, 0.15) is 11.1 Å². The average molecular weight is 340 g/mol. The molecule has 0 fully saturated rings. The van der Waals surface area contributed by atoms with Crippen molar-refractivity contribution in [1.29, 1.82) is 0 Å². The van der Waals surface area contributed by atoms with Crippen LogP contribution in [0.15, 0.2) is 84.9 Å². The van der Waals surface area contributed by atoms with Gasteiger partial charge in [0.05, 0.1) is 0 Å². The van der Waals surface area contributed by atoms with E-state index in [1.54, 1.807) is 12.1 Å². The predicted octanol–water partition coefficient (Wildman–Crippen LogP) is 5.75. The molecule has 2 N–H and O–H groups in total. The Morgan fingerprint density at radius 1 is 0.615 bits per heavy atom. The highest BCUT2D eigenvalue weighted by Crippen LogP contribution is 2.30. The molecule has 0 atom stereocenters. The minimum absolute atomic E-state index is 0.285. The first-order valence-electron chi connectivity index (χ1n) is 8.68. The Morgan fingerprint density at radius 3 is 1.35 bits per heavy atom. The van der Waals surface area contributed by atoms with Crippen molar-refractivity contribution < 1.29 is 10.2 Å². The smallest absolute Gasteiger partial charge is 0.119 e. The third-order valence-electron chi connectivity index (χ3n) is 4.77. The normalized spacial score (nSPS) is 11.1. The lowest BCUT2D eigenvalue weighted by Crippen LogP contribution is -1.96. The average Bonchev–Trinajstić information content (AvgIpc) is 2.63. The lowest BCUT2D eigenvalue weighted by Gasteiger charge is -2.11. The molecule has 0 saturated heterocycles. The third kappa shape index (κ3) is 3.14. The summed E-state index contributed by atoms with van der Waals surface area (Å²) >= 11 is 0. The van der Waals surface area contributed by atoms with Gasteiger partial charge in [0, 0.05) is 0 Å². The topological polar surface area (TPSA) is 40.5 Å². The van der Waals surface area contributed by atoms with Gasteiger partial charge in [0.1, 0.15) is 11.5 Å². The summed E-state index contributed by atoms with van der Waals surface area (Å²) in [6.07, 6.45) is 1.14. The Bertz CT molecular complexity index is 1040. The van der Waals surface area contributed by atoms with Crippen LogP contribution in [0.25, 0.3) is 21.5 Å². The molecule has 4 aromatic carbocycles. The quantitative estimate of drug-likeness (QED) is 0.465. The number of hydrogen-bond donors (Lipinski definition) is 2. The first kappa shape index (κ1) is 16.2. The zero-order valence-corrected chi connectivity index (χ0v) is 14.4. The van der Waals surface area contributed by atoms with Crippen LogP contribution in [0.2, 0.25) is 0 Å². The summed E-state index contributed by atoms with van der Waals surface area (Å²) in [6.45, 7) is 4.17. The maximum atomic E-state index is 10.3. The molecule has 4 rings (SSSR count). The van der Waals surface area contributed by atoms with E-state index in [0.717, 1.165) is 38.2 Å². The number of fused-ring (bicyclic) bond motifs is 2. The number of aromatic hydroxyl groups is 2. The van der Waals surface area contributed by atoms with Crippen LogP contribution in [0.5, 0.6) is 11.5 Å². The SMILES string of the molecule is C=C(Cc1cc2ccccc2cc1O)Cc1cc2ccccc2cc1O. The van der Waals surface area contributed by atoms with Gasteiger partial charge in [-0.1, -0.05) is 60.7 Å². The fraction of sp³-hybridized carbons (Fsp3) is 0.0833. The summed E-state index contributed by atoms with van der Waals surface area (Å²) in [4.78, 5) is 0. The van der Waals surface area contributed by atoms with Crippen LogP contribution < -0.4 is 0 Å². The molecule has 4 aromatic rings. The number of rotatable bonds is 4. The van der Waals surface area contributed by atoms with E-state index in [2.05, 4.69) is 6.58 Å². The molecule has 0 aromatic heterocycles. The summed E-state index contributed by atoms with van der Waals surface area (Å²) in [6, 6.07) is 23.6. The van der Waals surface area contributed by atoms with Gasteiger partial charge in [0.15, 0.2) is 0 Å². The maximum Gasteiger partial charge on any atom is 0.119 e. The van der Waals surface area contributed by atoms with Gasteiger partial charge in [-0.15, -0.1) is 0 Å². The summed E-state index contributed by atoms with van der Waals surface area (Å²) in [5, 5.41) is 24.9. The second-order valence-corrected chi connectivity index (χ2v) is 6.76. The molecule has 0 aliphatic carbocycles. The third-order valence-corrected chi connectivity index (χ3v) is 4.77. The molecule has 0 amide bonds.